The lowest BCUT2D eigenvalue weighted by molar-refractivity contribution is -0.139. The molecule has 0 saturated carbocycles. The zero-order valence-electron chi connectivity index (χ0n) is 15.6. The van der Waals surface area contributed by atoms with Crippen molar-refractivity contribution in [3.63, 3.8) is 0 Å². The number of aromatic nitrogens is 1. The Kier molecular flexibility index (Phi) is 6.08. The van der Waals surface area contributed by atoms with Gasteiger partial charge < -0.3 is 20.3 Å². The molecule has 1 saturated heterocycles. The zero-order chi connectivity index (χ0) is 19.4. The second-order valence-electron chi connectivity index (χ2n) is 6.47. The first-order valence-electron chi connectivity index (χ1n) is 8.94. The van der Waals surface area contributed by atoms with E-state index < -0.39 is 6.10 Å². The van der Waals surface area contributed by atoms with Crippen LogP contribution in [0.15, 0.2) is 29.6 Å². The topological polar surface area (TPSA) is 88.8 Å². The van der Waals surface area contributed by atoms with Gasteiger partial charge in [0.2, 0.25) is 0 Å². The summed E-state index contributed by atoms with van der Waals surface area (Å²) in [5.74, 6) is 0.540. The fourth-order valence-corrected chi connectivity index (χ4v) is 3.63. The predicted molar refractivity (Wildman–Crippen MR) is 104 cm³/mol. The van der Waals surface area contributed by atoms with Crippen LogP contribution in [0.25, 0.3) is 0 Å². The molecule has 2 amide bonds. The number of piperazine rings is 1. The molecule has 0 aliphatic carbocycles. The Labute approximate surface area is 162 Å². The average Bonchev–Trinajstić information content (AvgIpc) is 3.18. The summed E-state index contributed by atoms with van der Waals surface area (Å²) in [6, 6.07) is 7.63. The largest absolute Gasteiger partial charge is 0.481 e. The van der Waals surface area contributed by atoms with Crippen molar-refractivity contribution in [2.24, 2.45) is 5.73 Å². The van der Waals surface area contributed by atoms with Crippen molar-refractivity contribution in [3.05, 3.63) is 45.9 Å². The molecule has 8 heteroatoms. The third kappa shape index (κ3) is 4.45. The molecule has 1 unspecified atom stereocenters. The van der Waals surface area contributed by atoms with Gasteiger partial charge in [0.1, 0.15) is 16.5 Å². The molecule has 2 N–H and O–H groups in total. The van der Waals surface area contributed by atoms with Crippen LogP contribution in [0.4, 0.5) is 0 Å². The summed E-state index contributed by atoms with van der Waals surface area (Å²) in [5, 5.41) is 2.48. The highest BCUT2D eigenvalue weighted by Crippen LogP contribution is 2.19. The summed E-state index contributed by atoms with van der Waals surface area (Å²) in [7, 11) is 0. The number of thiazole rings is 1. The van der Waals surface area contributed by atoms with Crippen LogP contribution in [-0.2, 0) is 11.3 Å². The van der Waals surface area contributed by atoms with Gasteiger partial charge in [0.05, 0.1) is 0 Å². The smallest absolute Gasteiger partial charge is 0.273 e. The number of aryl methyl sites for hydroxylation is 1. The van der Waals surface area contributed by atoms with E-state index in [9.17, 15) is 9.59 Å². The Morgan fingerprint density at radius 3 is 2.52 bits per heavy atom. The van der Waals surface area contributed by atoms with Gasteiger partial charge in [0.25, 0.3) is 11.8 Å². The molecule has 7 nitrogen and oxygen atoms in total. The number of hydrogen-bond acceptors (Lipinski definition) is 6. The minimum Gasteiger partial charge on any atom is -0.481 e. The second-order valence-corrected chi connectivity index (χ2v) is 7.42. The van der Waals surface area contributed by atoms with Gasteiger partial charge in [-0.1, -0.05) is 18.2 Å². The standard InChI is InChI=1S/C19H24N4O3S/c1-13-5-3-4-6-16(13)26-14(2)18(24)22-7-9-23(10-8-22)19(25)15-12-27-17(11-20)21-15/h3-6,12,14H,7-11,20H2,1-2H3. The van der Waals surface area contributed by atoms with Gasteiger partial charge in [-0.15, -0.1) is 11.3 Å². The van der Waals surface area contributed by atoms with Gasteiger partial charge in [-0.2, -0.15) is 0 Å². The van der Waals surface area contributed by atoms with Crippen LogP contribution in [0.2, 0.25) is 0 Å². The van der Waals surface area contributed by atoms with Crippen molar-refractivity contribution in [3.8, 4) is 5.75 Å². The Morgan fingerprint density at radius 1 is 1.22 bits per heavy atom. The minimum atomic E-state index is -0.570. The van der Waals surface area contributed by atoms with Gasteiger partial charge in [-0.3, -0.25) is 9.59 Å². The number of carbonyl (C=O) groups is 2. The molecule has 0 radical (unpaired) electrons. The molecule has 1 aromatic carbocycles. The fraction of sp³-hybridized carbons (Fsp3) is 0.421. The molecular weight excluding hydrogens is 364 g/mol. The normalized spacial score (nSPS) is 15.5. The summed E-state index contributed by atoms with van der Waals surface area (Å²) in [6.07, 6.45) is -0.570. The lowest BCUT2D eigenvalue weighted by Gasteiger charge is -2.35. The molecule has 27 heavy (non-hydrogen) atoms. The van der Waals surface area contributed by atoms with E-state index in [-0.39, 0.29) is 11.8 Å². The number of rotatable bonds is 5. The number of benzene rings is 1. The highest BCUT2D eigenvalue weighted by atomic mass is 32.1. The van der Waals surface area contributed by atoms with Crippen molar-refractivity contribution in [2.45, 2.75) is 26.5 Å². The van der Waals surface area contributed by atoms with Crippen LogP contribution >= 0.6 is 11.3 Å². The molecule has 1 fully saturated rings. The molecule has 3 rings (SSSR count). The van der Waals surface area contributed by atoms with Gasteiger partial charge >= 0.3 is 0 Å². The average molecular weight is 388 g/mol. The number of para-hydroxylation sites is 1. The maximum Gasteiger partial charge on any atom is 0.273 e. The van der Waals surface area contributed by atoms with E-state index in [1.165, 1.54) is 11.3 Å². The molecule has 1 aliphatic rings. The first-order chi connectivity index (χ1) is 13.0. The Hall–Kier alpha value is -2.45. The number of amides is 2. The van der Waals surface area contributed by atoms with Crippen molar-refractivity contribution in [2.75, 3.05) is 26.2 Å². The lowest BCUT2D eigenvalue weighted by Crippen LogP contribution is -2.53. The molecule has 1 aliphatic heterocycles. The van der Waals surface area contributed by atoms with E-state index in [0.29, 0.717) is 44.2 Å². The van der Waals surface area contributed by atoms with Crippen LogP contribution in [-0.4, -0.2) is 58.9 Å². The Bertz CT molecular complexity index is 815. The van der Waals surface area contributed by atoms with E-state index in [0.717, 1.165) is 10.6 Å². The van der Waals surface area contributed by atoms with Crippen molar-refractivity contribution >= 4 is 23.2 Å². The third-order valence-electron chi connectivity index (χ3n) is 4.57. The molecule has 0 spiro atoms. The number of ether oxygens (including phenoxy) is 1. The van der Waals surface area contributed by atoms with Gasteiger partial charge in [0, 0.05) is 38.1 Å². The van der Waals surface area contributed by atoms with Crippen molar-refractivity contribution < 1.29 is 14.3 Å². The summed E-state index contributed by atoms with van der Waals surface area (Å²) in [6.45, 7) is 5.98. The predicted octanol–water partition coefficient (Wildman–Crippen LogP) is 1.66. The first kappa shape index (κ1) is 19.3. The molecule has 2 aromatic rings. The van der Waals surface area contributed by atoms with E-state index in [2.05, 4.69) is 4.98 Å². The number of hydrogen-bond donors (Lipinski definition) is 1. The van der Waals surface area contributed by atoms with Gasteiger partial charge in [-0.05, 0) is 25.5 Å². The third-order valence-corrected chi connectivity index (χ3v) is 5.44. The molecule has 2 heterocycles. The number of carbonyl (C=O) groups excluding carboxylic acids is 2. The fourth-order valence-electron chi connectivity index (χ4n) is 2.98. The van der Waals surface area contributed by atoms with Crippen LogP contribution in [0.3, 0.4) is 0 Å². The quantitative estimate of drug-likeness (QED) is 0.842. The van der Waals surface area contributed by atoms with E-state index in [4.69, 9.17) is 10.5 Å². The minimum absolute atomic E-state index is 0.0653. The maximum atomic E-state index is 12.7. The van der Waals surface area contributed by atoms with E-state index in [1.807, 2.05) is 31.2 Å². The van der Waals surface area contributed by atoms with Gasteiger partial charge in [-0.25, -0.2) is 4.98 Å². The first-order valence-corrected chi connectivity index (χ1v) is 9.82. The highest BCUT2D eigenvalue weighted by molar-refractivity contribution is 7.09. The highest BCUT2D eigenvalue weighted by Gasteiger charge is 2.29. The second kappa shape index (κ2) is 8.49. The van der Waals surface area contributed by atoms with Gasteiger partial charge in [0.15, 0.2) is 6.10 Å². The van der Waals surface area contributed by atoms with Crippen LogP contribution in [0.5, 0.6) is 5.75 Å². The lowest BCUT2D eigenvalue weighted by atomic mass is 10.2. The Balaban J connectivity index is 1.54. The Morgan fingerprint density at radius 2 is 1.89 bits per heavy atom. The monoisotopic (exact) mass is 388 g/mol. The summed E-state index contributed by atoms with van der Waals surface area (Å²) >= 11 is 1.39. The maximum absolute atomic E-state index is 12.7. The van der Waals surface area contributed by atoms with Crippen LogP contribution < -0.4 is 10.5 Å². The number of nitrogens with two attached hydrogens (primary N) is 1. The summed E-state index contributed by atoms with van der Waals surface area (Å²) in [5.41, 5.74) is 6.97. The number of nitrogens with zero attached hydrogens (tertiary/aromatic N) is 3. The molecule has 0 bridgehead atoms. The zero-order valence-corrected chi connectivity index (χ0v) is 16.4. The SMILES string of the molecule is Cc1ccccc1OC(C)C(=O)N1CCN(C(=O)c2csc(CN)n2)CC1. The summed E-state index contributed by atoms with van der Waals surface area (Å²) < 4.78 is 5.83. The van der Waals surface area contributed by atoms with E-state index >= 15 is 0 Å². The molecule has 144 valence electrons. The van der Waals surface area contributed by atoms with E-state index in [1.54, 1.807) is 22.1 Å². The molecular formula is C19H24N4O3S. The van der Waals surface area contributed by atoms with Crippen molar-refractivity contribution in [1.82, 2.24) is 14.8 Å². The van der Waals surface area contributed by atoms with Crippen molar-refractivity contribution in [1.29, 1.82) is 0 Å². The van der Waals surface area contributed by atoms with Crippen LogP contribution in [0, 0.1) is 6.92 Å². The van der Waals surface area contributed by atoms with Crippen LogP contribution in [0.1, 0.15) is 28.0 Å². The summed E-state index contributed by atoms with van der Waals surface area (Å²) in [4.78, 5) is 32.9. The molecule has 1 aromatic heterocycles. The molecule has 1 atom stereocenters.